The van der Waals surface area contributed by atoms with Crippen LogP contribution in [-0.4, -0.2) is 58.3 Å². The topological polar surface area (TPSA) is 78.4 Å². The summed E-state index contributed by atoms with van der Waals surface area (Å²) in [7, 11) is 1.90. The number of hydrogen-bond donors (Lipinski definition) is 1. The maximum atomic E-state index is 13.1. The molecule has 1 aromatic heterocycles. The number of rotatable bonds is 3. The minimum absolute atomic E-state index is 0.0895. The van der Waals surface area contributed by atoms with Crippen molar-refractivity contribution in [1.82, 2.24) is 19.8 Å². The summed E-state index contributed by atoms with van der Waals surface area (Å²) in [6, 6.07) is 0. The summed E-state index contributed by atoms with van der Waals surface area (Å²) in [6.45, 7) is 8.79. The highest BCUT2D eigenvalue weighted by Crippen LogP contribution is 2.34. The Labute approximate surface area is 185 Å². The maximum Gasteiger partial charge on any atom is 0.226 e. The van der Waals surface area contributed by atoms with Gasteiger partial charge in [0.25, 0.3) is 0 Å². The fraction of sp³-hybridized carbons (Fsp3) is 0.667. The molecule has 31 heavy (non-hydrogen) atoms. The number of hydrogen-bond acceptors (Lipinski definition) is 5. The number of allylic oxidation sites excluding steroid dienone is 2. The van der Waals surface area contributed by atoms with E-state index in [1.54, 1.807) is 6.92 Å². The maximum absolute atomic E-state index is 13.1. The van der Waals surface area contributed by atoms with Crippen molar-refractivity contribution in [3.63, 3.8) is 0 Å². The van der Waals surface area contributed by atoms with Gasteiger partial charge in [-0.25, -0.2) is 9.97 Å². The monoisotopic (exact) mass is 425 g/mol. The summed E-state index contributed by atoms with van der Waals surface area (Å²) in [5, 5.41) is 3.23. The van der Waals surface area contributed by atoms with E-state index in [0.717, 1.165) is 81.1 Å². The van der Waals surface area contributed by atoms with E-state index < -0.39 is 0 Å². The predicted molar refractivity (Wildman–Crippen MR) is 121 cm³/mol. The van der Waals surface area contributed by atoms with Gasteiger partial charge < -0.3 is 15.1 Å². The third-order valence-electron chi connectivity index (χ3n) is 7.43. The average molecular weight is 426 g/mol. The van der Waals surface area contributed by atoms with Crippen molar-refractivity contribution < 1.29 is 9.59 Å². The SMILES string of the molecule is CNc1nc(C2CCN(C(=O)[C@@H]3CCC(C)=C(C)C3)CC2)nc2c1CCN(C(C)=O)C2. The van der Waals surface area contributed by atoms with Crippen LogP contribution in [0.2, 0.25) is 0 Å². The molecule has 1 aromatic rings. The first-order valence-electron chi connectivity index (χ1n) is 11.6. The van der Waals surface area contributed by atoms with Crippen LogP contribution in [0, 0.1) is 5.92 Å². The zero-order valence-corrected chi connectivity index (χ0v) is 19.3. The molecule has 0 spiro atoms. The molecule has 2 aliphatic heterocycles. The molecule has 0 unspecified atom stereocenters. The molecule has 3 aliphatic rings. The molecule has 3 heterocycles. The van der Waals surface area contributed by atoms with Gasteiger partial charge in [-0.05, 0) is 52.4 Å². The van der Waals surface area contributed by atoms with Crippen molar-refractivity contribution >= 4 is 17.6 Å². The quantitative estimate of drug-likeness (QED) is 0.752. The number of aromatic nitrogens is 2. The second-order valence-electron chi connectivity index (χ2n) is 9.40. The molecule has 0 bridgehead atoms. The molecular weight excluding hydrogens is 390 g/mol. The van der Waals surface area contributed by atoms with Crippen molar-refractivity contribution in [3.05, 3.63) is 28.2 Å². The highest BCUT2D eigenvalue weighted by atomic mass is 16.2. The van der Waals surface area contributed by atoms with Gasteiger partial charge in [-0.1, -0.05) is 11.1 Å². The summed E-state index contributed by atoms with van der Waals surface area (Å²) in [4.78, 5) is 38.6. The van der Waals surface area contributed by atoms with E-state index >= 15 is 0 Å². The van der Waals surface area contributed by atoms with Gasteiger partial charge in [0.1, 0.15) is 11.6 Å². The van der Waals surface area contributed by atoms with Gasteiger partial charge in [-0.15, -0.1) is 0 Å². The van der Waals surface area contributed by atoms with Gasteiger partial charge in [0.2, 0.25) is 11.8 Å². The van der Waals surface area contributed by atoms with Gasteiger partial charge >= 0.3 is 0 Å². The normalized spacial score (nSPS) is 22.4. The van der Waals surface area contributed by atoms with Crippen molar-refractivity contribution in [2.45, 2.75) is 71.8 Å². The molecule has 0 saturated carbocycles. The minimum Gasteiger partial charge on any atom is -0.373 e. The van der Waals surface area contributed by atoms with Crippen LogP contribution in [0.15, 0.2) is 11.1 Å². The Morgan fingerprint density at radius 3 is 2.35 bits per heavy atom. The third-order valence-corrected chi connectivity index (χ3v) is 7.43. The largest absolute Gasteiger partial charge is 0.373 e. The molecule has 1 saturated heterocycles. The fourth-order valence-electron chi connectivity index (χ4n) is 5.18. The van der Waals surface area contributed by atoms with Gasteiger partial charge in [-0.2, -0.15) is 0 Å². The summed E-state index contributed by atoms with van der Waals surface area (Å²) in [6.07, 6.45) is 5.51. The van der Waals surface area contributed by atoms with Gasteiger partial charge in [-0.3, -0.25) is 9.59 Å². The van der Waals surface area contributed by atoms with Gasteiger partial charge in [0.05, 0.1) is 12.2 Å². The highest BCUT2D eigenvalue weighted by Gasteiger charge is 2.32. The molecular formula is C24H35N5O2. The lowest BCUT2D eigenvalue weighted by Crippen LogP contribution is -2.42. The molecule has 4 rings (SSSR count). The second kappa shape index (κ2) is 8.97. The molecule has 1 N–H and O–H groups in total. The second-order valence-corrected chi connectivity index (χ2v) is 9.40. The number of likely N-dealkylation sites (tertiary alicyclic amines) is 1. The molecule has 2 amide bonds. The van der Waals surface area contributed by atoms with Gasteiger partial charge in [0, 0.05) is 51.0 Å². The number of piperidine rings is 1. The average Bonchev–Trinajstić information content (AvgIpc) is 2.79. The van der Waals surface area contributed by atoms with E-state index in [1.165, 1.54) is 11.1 Å². The van der Waals surface area contributed by atoms with Crippen LogP contribution in [0.25, 0.3) is 0 Å². The standard InChI is InChI=1S/C24H35N5O2/c1-15-5-6-19(13-16(15)2)24(31)28-10-7-18(8-11-28)22-26-21-14-29(17(3)30)12-9-20(21)23(25-4)27-22/h18-19H,5-14H2,1-4H3,(H,25,26,27)/t19-/m1/s1. The van der Waals surface area contributed by atoms with E-state index in [1.807, 2.05) is 11.9 Å². The lowest BCUT2D eigenvalue weighted by atomic mass is 9.83. The van der Waals surface area contributed by atoms with E-state index in [2.05, 4.69) is 24.1 Å². The molecule has 0 radical (unpaired) electrons. The Balaban J connectivity index is 1.44. The summed E-state index contributed by atoms with van der Waals surface area (Å²) < 4.78 is 0. The Bertz CT molecular complexity index is 901. The number of carbonyl (C=O) groups is 2. The number of fused-ring (bicyclic) bond motifs is 1. The molecule has 7 heteroatoms. The van der Waals surface area contributed by atoms with E-state index in [-0.39, 0.29) is 17.7 Å². The van der Waals surface area contributed by atoms with Gasteiger partial charge in [0.15, 0.2) is 0 Å². The number of carbonyl (C=O) groups excluding carboxylic acids is 2. The Morgan fingerprint density at radius 1 is 0.968 bits per heavy atom. The van der Waals surface area contributed by atoms with E-state index in [9.17, 15) is 9.59 Å². The van der Waals surface area contributed by atoms with Crippen LogP contribution in [0.1, 0.15) is 75.9 Å². The zero-order chi connectivity index (χ0) is 22.1. The smallest absolute Gasteiger partial charge is 0.226 e. The number of nitrogens with zero attached hydrogens (tertiary/aromatic N) is 4. The van der Waals surface area contributed by atoms with Crippen molar-refractivity contribution in [2.75, 3.05) is 32.0 Å². The Hall–Kier alpha value is -2.44. The number of amides is 2. The van der Waals surface area contributed by atoms with Crippen LogP contribution in [0.5, 0.6) is 0 Å². The Morgan fingerprint density at radius 2 is 1.71 bits per heavy atom. The lowest BCUT2D eigenvalue weighted by Gasteiger charge is -2.35. The van der Waals surface area contributed by atoms with Crippen molar-refractivity contribution in [2.24, 2.45) is 5.92 Å². The molecule has 1 atom stereocenters. The first kappa shape index (κ1) is 21.8. The van der Waals surface area contributed by atoms with Crippen molar-refractivity contribution in [3.8, 4) is 0 Å². The molecule has 7 nitrogen and oxygen atoms in total. The first-order chi connectivity index (χ1) is 14.9. The third kappa shape index (κ3) is 4.46. The Kier molecular flexibility index (Phi) is 6.30. The van der Waals surface area contributed by atoms with Crippen LogP contribution in [0.4, 0.5) is 5.82 Å². The highest BCUT2D eigenvalue weighted by molar-refractivity contribution is 5.79. The van der Waals surface area contributed by atoms with Crippen LogP contribution >= 0.6 is 0 Å². The lowest BCUT2D eigenvalue weighted by molar-refractivity contribution is -0.137. The van der Waals surface area contributed by atoms with E-state index in [0.29, 0.717) is 12.5 Å². The van der Waals surface area contributed by atoms with Crippen LogP contribution in [0.3, 0.4) is 0 Å². The minimum atomic E-state index is 0.0895. The van der Waals surface area contributed by atoms with Crippen LogP contribution < -0.4 is 5.32 Å². The summed E-state index contributed by atoms with van der Waals surface area (Å²) in [5.41, 5.74) is 4.94. The summed E-state index contributed by atoms with van der Waals surface area (Å²) >= 11 is 0. The molecule has 1 fully saturated rings. The van der Waals surface area contributed by atoms with Crippen molar-refractivity contribution in [1.29, 1.82) is 0 Å². The fourth-order valence-corrected chi connectivity index (χ4v) is 5.18. The predicted octanol–water partition coefficient (Wildman–Crippen LogP) is 3.27. The molecule has 168 valence electrons. The molecule has 0 aromatic carbocycles. The molecule has 1 aliphatic carbocycles. The van der Waals surface area contributed by atoms with Crippen LogP contribution in [-0.2, 0) is 22.6 Å². The first-order valence-corrected chi connectivity index (χ1v) is 11.6. The summed E-state index contributed by atoms with van der Waals surface area (Å²) in [5.74, 6) is 2.56. The number of anilines is 1. The number of nitrogens with one attached hydrogen (secondary N) is 1. The zero-order valence-electron chi connectivity index (χ0n) is 19.3. The van der Waals surface area contributed by atoms with E-state index in [4.69, 9.17) is 9.97 Å².